The number of aliphatic hydroxyl groups excluding tert-OH is 1. The normalized spacial score (nSPS) is 22.3. The number of hydrogen-bond donors (Lipinski definition) is 2. The third kappa shape index (κ3) is 6.22. The second-order valence-corrected chi connectivity index (χ2v) is 11.8. The molecule has 0 amide bonds. The lowest BCUT2D eigenvalue weighted by molar-refractivity contribution is 0.104. The first-order chi connectivity index (χ1) is 18.4. The van der Waals surface area contributed by atoms with E-state index in [9.17, 15) is 5.11 Å². The first kappa shape index (κ1) is 27.1. The summed E-state index contributed by atoms with van der Waals surface area (Å²) in [6, 6.07) is 10.4. The van der Waals surface area contributed by atoms with Gasteiger partial charge in [-0.15, -0.1) is 0 Å². The number of aliphatic hydroxyl groups is 1. The van der Waals surface area contributed by atoms with E-state index in [-0.39, 0.29) is 6.10 Å². The van der Waals surface area contributed by atoms with Crippen molar-refractivity contribution in [3.63, 3.8) is 0 Å². The average molecular weight is 519 g/mol. The van der Waals surface area contributed by atoms with Gasteiger partial charge in [-0.05, 0) is 64.0 Å². The van der Waals surface area contributed by atoms with E-state index in [0.29, 0.717) is 24.1 Å². The summed E-state index contributed by atoms with van der Waals surface area (Å²) in [4.78, 5) is 14.9. The van der Waals surface area contributed by atoms with E-state index in [0.717, 1.165) is 82.3 Å². The number of benzene rings is 1. The zero-order chi connectivity index (χ0) is 26.6. The Morgan fingerprint density at radius 1 is 1.00 bits per heavy atom. The predicted octanol–water partition coefficient (Wildman–Crippen LogP) is 5.70. The Hall–Kier alpha value is -2.48. The van der Waals surface area contributed by atoms with E-state index >= 15 is 0 Å². The average Bonchev–Trinajstić information content (AvgIpc) is 3.29. The number of nitrogens with one attached hydrogen (secondary N) is 1. The molecule has 5 rings (SSSR count). The molecule has 1 aliphatic heterocycles. The largest absolute Gasteiger partial charge is 0.393 e. The summed E-state index contributed by atoms with van der Waals surface area (Å²) in [6.07, 6.45) is 9.98. The number of fused-ring (bicyclic) bond motifs is 1. The third-order valence-corrected chi connectivity index (χ3v) is 8.54. The SMILES string of the molecule is CCC[C@H](C)Nc1ncc2c(-c3ccc(CN4CCN(C(C)C)CC4)cc3)cn(C3CCC(O)CC3)c2n1. The lowest BCUT2D eigenvalue weighted by atomic mass is 9.93. The van der Waals surface area contributed by atoms with Crippen LogP contribution in [0.15, 0.2) is 36.7 Å². The minimum Gasteiger partial charge on any atom is -0.393 e. The van der Waals surface area contributed by atoms with Gasteiger partial charge in [0.15, 0.2) is 0 Å². The molecule has 3 aromatic rings. The summed E-state index contributed by atoms with van der Waals surface area (Å²) in [6.45, 7) is 14.6. The van der Waals surface area contributed by atoms with Crippen molar-refractivity contribution >= 4 is 17.0 Å². The molecular formula is C31H46N6O. The van der Waals surface area contributed by atoms with E-state index in [1.165, 1.54) is 16.7 Å². The molecule has 0 spiro atoms. The molecule has 3 heterocycles. The maximum atomic E-state index is 10.1. The van der Waals surface area contributed by atoms with Crippen LogP contribution in [-0.4, -0.2) is 73.8 Å². The summed E-state index contributed by atoms with van der Waals surface area (Å²) in [7, 11) is 0. The smallest absolute Gasteiger partial charge is 0.224 e. The van der Waals surface area contributed by atoms with Crippen LogP contribution in [0.5, 0.6) is 0 Å². The van der Waals surface area contributed by atoms with Crippen LogP contribution in [-0.2, 0) is 6.54 Å². The molecule has 0 unspecified atom stereocenters. The summed E-state index contributed by atoms with van der Waals surface area (Å²) < 4.78 is 2.36. The fraction of sp³-hybridized carbons (Fsp3) is 0.613. The van der Waals surface area contributed by atoms with Crippen molar-refractivity contribution < 1.29 is 5.11 Å². The Bertz CT molecular complexity index is 1170. The maximum Gasteiger partial charge on any atom is 0.224 e. The fourth-order valence-electron chi connectivity index (χ4n) is 6.16. The molecule has 2 fully saturated rings. The van der Waals surface area contributed by atoms with Gasteiger partial charge < -0.3 is 15.0 Å². The van der Waals surface area contributed by atoms with Crippen molar-refractivity contribution in [1.82, 2.24) is 24.3 Å². The van der Waals surface area contributed by atoms with Crippen molar-refractivity contribution in [1.29, 1.82) is 0 Å². The predicted molar refractivity (Wildman–Crippen MR) is 156 cm³/mol. The third-order valence-electron chi connectivity index (χ3n) is 8.54. The zero-order valence-corrected chi connectivity index (χ0v) is 23.7. The summed E-state index contributed by atoms with van der Waals surface area (Å²) >= 11 is 0. The number of aromatic nitrogens is 3. The van der Waals surface area contributed by atoms with E-state index in [2.05, 4.69) is 77.8 Å². The molecule has 1 saturated heterocycles. The van der Waals surface area contributed by atoms with Crippen LogP contribution in [0.3, 0.4) is 0 Å². The monoisotopic (exact) mass is 518 g/mol. The van der Waals surface area contributed by atoms with Crippen molar-refractivity contribution in [3.8, 4) is 11.1 Å². The van der Waals surface area contributed by atoms with Gasteiger partial charge >= 0.3 is 0 Å². The van der Waals surface area contributed by atoms with E-state index < -0.39 is 0 Å². The second-order valence-electron chi connectivity index (χ2n) is 11.8. The molecule has 7 nitrogen and oxygen atoms in total. The molecule has 2 aliphatic rings. The van der Waals surface area contributed by atoms with Crippen LogP contribution < -0.4 is 5.32 Å². The Labute approximate surface area is 228 Å². The van der Waals surface area contributed by atoms with Crippen LogP contribution in [0.25, 0.3) is 22.2 Å². The van der Waals surface area contributed by atoms with Gasteiger partial charge in [0.05, 0.1) is 6.10 Å². The molecule has 7 heteroatoms. The van der Waals surface area contributed by atoms with Crippen molar-refractivity contribution in [2.24, 2.45) is 0 Å². The molecule has 0 radical (unpaired) electrons. The highest BCUT2D eigenvalue weighted by Gasteiger charge is 2.25. The number of rotatable bonds is 9. The first-order valence-corrected chi connectivity index (χ1v) is 14.8. The highest BCUT2D eigenvalue weighted by molar-refractivity contribution is 5.94. The number of anilines is 1. The Kier molecular flexibility index (Phi) is 8.66. The van der Waals surface area contributed by atoms with Gasteiger partial charge in [0.1, 0.15) is 5.65 Å². The number of hydrogen-bond acceptors (Lipinski definition) is 6. The van der Waals surface area contributed by atoms with Crippen LogP contribution in [0.1, 0.15) is 77.8 Å². The van der Waals surface area contributed by atoms with Crippen LogP contribution in [0, 0.1) is 0 Å². The minimum absolute atomic E-state index is 0.171. The fourth-order valence-corrected chi connectivity index (χ4v) is 6.16. The van der Waals surface area contributed by atoms with Crippen molar-refractivity contribution in [3.05, 3.63) is 42.2 Å². The quantitative estimate of drug-likeness (QED) is 0.379. The lowest BCUT2D eigenvalue weighted by Crippen LogP contribution is -2.48. The van der Waals surface area contributed by atoms with Gasteiger partial charge in [-0.1, -0.05) is 37.6 Å². The lowest BCUT2D eigenvalue weighted by Gasteiger charge is -2.36. The van der Waals surface area contributed by atoms with Gasteiger partial charge in [0.2, 0.25) is 5.95 Å². The molecule has 1 atom stereocenters. The molecular weight excluding hydrogens is 472 g/mol. The van der Waals surface area contributed by atoms with Crippen LogP contribution in [0.2, 0.25) is 0 Å². The standard InChI is InChI=1S/C31H46N6O/c1-5-6-23(4)33-31-32-19-28-29(21-37(30(28)34-31)26-11-13-27(38)14-12-26)25-9-7-24(8-10-25)20-35-15-17-36(18-16-35)22(2)3/h7-10,19,21-23,26-27,38H,5-6,11-18,20H2,1-4H3,(H,32,33,34)/t23-,26?,27?/m0/s1. The van der Waals surface area contributed by atoms with Crippen LogP contribution >= 0.6 is 0 Å². The molecule has 206 valence electrons. The molecule has 1 aliphatic carbocycles. The van der Waals surface area contributed by atoms with Crippen LogP contribution in [0.4, 0.5) is 5.95 Å². The summed E-state index contributed by atoms with van der Waals surface area (Å²) in [5.74, 6) is 0.702. The summed E-state index contributed by atoms with van der Waals surface area (Å²) in [5, 5.41) is 14.7. The Morgan fingerprint density at radius 2 is 1.71 bits per heavy atom. The maximum absolute atomic E-state index is 10.1. The minimum atomic E-state index is -0.171. The molecule has 2 aromatic heterocycles. The van der Waals surface area contributed by atoms with Gasteiger partial charge in [-0.3, -0.25) is 9.80 Å². The van der Waals surface area contributed by atoms with E-state index in [1.807, 2.05) is 6.20 Å². The van der Waals surface area contributed by atoms with Crippen molar-refractivity contribution in [2.75, 3.05) is 31.5 Å². The highest BCUT2D eigenvalue weighted by atomic mass is 16.3. The number of piperazine rings is 1. The molecule has 0 bridgehead atoms. The van der Waals surface area contributed by atoms with Crippen molar-refractivity contribution in [2.45, 2.75) is 97.0 Å². The second kappa shape index (κ2) is 12.1. The van der Waals surface area contributed by atoms with E-state index in [4.69, 9.17) is 9.97 Å². The highest BCUT2D eigenvalue weighted by Crippen LogP contribution is 2.37. The molecule has 1 aromatic carbocycles. The van der Waals surface area contributed by atoms with Gasteiger partial charge in [-0.25, -0.2) is 4.98 Å². The van der Waals surface area contributed by atoms with E-state index in [1.54, 1.807) is 0 Å². The Morgan fingerprint density at radius 3 is 2.37 bits per heavy atom. The topological polar surface area (TPSA) is 69.5 Å². The molecule has 1 saturated carbocycles. The van der Waals surface area contributed by atoms with Gasteiger partial charge in [0, 0.05) is 74.2 Å². The molecule has 2 N–H and O–H groups in total. The van der Waals surface area contributed by atoms with Gasteiger partial charge in [0.25, 0.3) is 0 Å². The Balaban J connectivity index is 1.38. The number of nitrogens with zero attached hydrogens (tertiary/aromatic N) is 5. The van der Waals surface area contributed by atoms with Gasteiger partial charge in [-0.2, -0.15) is 4.98 Å². The zero-order valence-electron chi connectivity index (χ0n) is 23.7. The molecule has 38 heavy (non-hydrogen) atoms. The first-order valence-electron chi connectivity index (χ1n) is 14.8. The summed E-state index contributed by atoms with van der Waals surface area (Å²) in [5.41, 5.74) is 4.76.